The van der Waals surface area contributed by atoms with Gasteiger partial charge in [0, 0.05) is 85.9 Å². The molecule has 0 N–H and O–H groups in total. The number of nitrogens with zero attached hydrogens (tertiary/aromatic N) is 6. The molecule has 192 valence electrons. The van der Waals surface area contributed by atoms with Crippen LogP contribution < -0.4 is 0 Å². The largest absolute Gasteiger partial charge is 0.342 e. The van der Waals surface area contributed by atoms with Gasteiger partial charge < -0.3 is 9.13 Å². The fourth-order valence-corrected chi connectivity index (χ4v) is 6.67. The third kappa shape index (κ3) is 3.70. The Morgan fingerprint density at radius 2 is 0.974 bits per heavy atom. The van der Waals surface area contributed by atoms with E-state index >= 15 is 0 Å². The number of para-hydroxylation sites is 2. The van der Waals surface area contributed by atoms with Crippen LogP contribution in [0, 0.1) is 13.8 Å². The molecular weight excluding hydrogens is 468 g/mol. The first-order valence-corrected chi connectivity index (χ1v) is 13.6. The van der Waals surface area contributed by atoms with Crippen molar-refractivity contribution in [3.63, 3.8) is 0 Å². The normalized spacial score (nSPS) is 15.5. The minimum Gasteiger partial charge on any atom is -0.342 e. The minimum atomic E-state index is 0.896. The smallest absolute Gasteiger partial charge is 0.0705 e. The number of hydrogen-bond acceptors (Lipinski definition) is 4. The van der Waals surface area contributed by atoms with Gasteiger partial charge in [0.1, 0.15) is 0 Å². The summed E-state index contributed by atoms with van der Waals surface area (Å²) in [7, 11) is 4.29. The first-order valence-electron chi connectivity index (χ1n) is 13.6. The number of aryl methyl sites for hydroxylation is 4. The highest BCUT2D eigenvalue weighted by molar-refractivity contribution is 6.09. The maximum absolute atomic E-state index is 5.02. The Morgan fingerprint density at radius 3 is 1.39 bits per heavy atom. The predicted molar refractivity (Wildman–Crippen MR) is 156 cm³/mol. The van der Waals surface area contributed by atoms with E-state index in [1.807, 2.05) is 0 Å². The van der Waals surface area contributed by atoms with E-state index in [1.165, 1.54) is 55.0 Å². The molecule has 38 heavy (non-hydrogen) atoms. The molecule has 2 aromatic carbocycles. The monoisotopic (exact) mass is 502 g/mol. The first kappa shape index (κ1) is 23.4. The van der Waals surface area contributed by atoms with Crippen LogP contribution in [0.3, 0.4) is 0 Å². The second kappa shape index (κ2) is 8.93. The van der Waals surface area contributed by atoms with Gasteiger partial charge in [0.05, 0.1) is 33.8 Å². The Morgan fingerprint density at radius 1 is 0.579 bits per heavy atom. The molecular formula is C32H34N6. The van der Waals surface area contributed by atoms with Crippen LogP contribution in [0.2, 0.25) is 0 Å². The topological polar surface area (TPSA) is 42.1 Å². The summed E-state index contributed by atoms with van der Waals surface area (Å²) in [5, 5.41) is 5.25. The molecule has 0 bridgehead atoms. The first-order chi connectivity index (χ1) is 18.5. The SMILES string of the molecule is Cc1nc(CN2CCN(Cc3cc4c5ccccc5n(C)c4c(C)n3)CC2)cc2c3ccccc3n(C)c12. The molecule has 0 unspecified atom stereocenters. The number of fused-ring (bicyclic) bond motifs is 6. The zero-order valence-electron chi connectivity index (χ0n) is 22.7. The third-order valence-electron chi connectivity index (χ3n) is 8.46. The summed E-state index contributed by atoms with van der Waals surface area (Å²) in [6, 6.07) is 21.9. The molecule has 1 aliphatic heterocycles. The van der Waals surface area contributed by atoms with Crippen molar-refractivity contribution in [3.05, 3.63) is 83.4 Å². The van der Waals surface area contributed by atoms with E-state index in [9.17, 15) is 0 Å². The lowest BCUT2D eigenvalue weighted by Crippen LogP contribution is -2.45. The lowest BCUT2D eigenvalue weighted by molar-refractivity contribution is 0.120. The van der Waals surface area contributed by atoms with Crippen LogP contribution in [0.15, 0.2) is 60.7 Å². The second-order valence-corrected chi connectivity index (χ2v) is 10.9. The van der Waals surface area contributed by atoms with Gasteiger partial charge in [-0.05, 0) is 38.1 Å². The van der Waals surface area contributed by atoms with Crippen LogP contribution >= 0.6 is 0 Å². The Kier molecular flexibility index (Phi) is 5.49. The second-order valence-electron chi connectivity index (χ2n) is 10.9. The van der Waals surface area contributed by atoms with E-state index in [0.29, 0.717) is 0 Å². The Balaban J connectivity index is 1.08. The summed E-state index contributed by atoms with van der Waals surface area (Å²) in [6.07, 6.45) is 0. The van der Waals surface area contributed by atoms with E-state index in [-0.39, 0.29) is 0 Å². The highest BCUT2D eigenvalue weighted by Gasteiger charge is 2.20. The van der Waals surface area contributed by atoms with Gasteiger partial charge in [0.2, 0.25) is 0 Å². The van der Waals surface area contributed by atoms with Crippen molar-refractivity contribution in [2.45, 2.75) is 26.9 Å². The van der Waals surface area contributed by atoms with Gasteiger partial charge in [0.25, 0.3) is 0 Å². The number of rotatable bonds is 4. The molecule has 1 fully saturated rings. The lowest BCUT2D eigenvalue weighted by Gasteiger charge is -2.34. The quantitative estimate of drug-likeness (QED) is 0.310. The van der Waals surface area contributed by atoms with Gasteiger partial charge in [-0.1, -0.05) is 36.4 Å². The van der Waals surface area contributed by atoms with Crippen molar-refractivity contribution in [1.82, 2.24) is 28.9 Å². The van der Waals surface area contributed by atoms with Gasteiger partial charge >= 0.3 is 0 Å². The molecule has 6 aromatic rings. The molecule has 1 aliphatic rings. The maximum atomic E-state index is 5.02. The Labute approximate surface area is 223 Å². The van der Waals surface area contributed by atoms with Crippen LogP contribution in [0.5, 0.6) is 0 Å². The average molecular weight is 503 g/mol. The van der Waals surface area contributed by atoms with Crippen molar-refractivity contribution in [2.75, 3.05) is 26.2 Å². The number of aromatic nitrogens is 4. The lowest BCUT2D eigenvalue weighted by atomic mass is 10.1. The molecule has 0 atom stereocenters. The molecule has 0 aliphatic carbocycles. The molecule has 1 saturated heterocycles. The van der Waals surface area contributed by atoms with E-state index in [4.69, 9.17) is 9.97 Å². The summed E-state index contributed by atoms with van der Waals surface area (Å²) in [6.45, 7) is 10.3. The fraction of sp³-hybridized carbons (Fsp3) is 0.312. The zero-order valence-corrected chi connectivity index (χ0v) is 22.7. The van der Waals surface area contributed by atoms with Crippen molar-refractivity contribution in [3.8, 4) is 0 Å². The third-order valence-corrected chi connectivity index (χ3v) is 8.46. The van der Waals surface area contributed by atoms with Gasteiger partial charge in [-0.15, -0.1) is 0 Å². The molecule has 4 aromatic heterocycles. The fourth-order valence-electron chi connectivity index (χ4n) is 6.67. The number of piperazine rings is 1. The molecule has 6 nitrogen and oxygen atoms in total. The summed E-state index contributed by atoms with van der Waals surface area (Å²) in [4.78, 5) is 15.1. The van der Waals surface area contributed by atoms with E-state index in [1.54, 1.807) is 0 Å². The Hall–Kier alpha value is -3.74. The summed E-state index contributed by atoms with van der Waals surface area (Å²) in [5.74, 6) is 0. The van der Waals surface area contributed by atoms with E-state index < -0.39 is 0 Å². The van der Waals surface area contributed by atoms with Gasteiger partial charge in [-0.2, -0.15) is 0 Å². The van der Waals surface area contributed by atoms with Crippen molar-refractivity contribution >= 4 is 43.6 Å². The van der Waals surface area contributed by atoms with Gasteiger partial charge in [-0.25, -0.2) is 0 Å². The number of hydrogen-bond donors (Lipinski definition) is 0. The van der Waals surface area contributed by atoms with Crippen LogP contribution in [0.1, 0.15) is 22.8 Å². The average Bonchev–Trinajstić information content (AvgIpc) is 3.37. The predicted octanol–water partition coefficient (Wildman–Crippen LogP) is 5.70. The van der Waals surface area contributed by atoms with Crippen LogP contribution in [-0.2, 0) is 27.2 Å². The van der Waals surface area contributed by atoms with E-state index in [2.05, 4.69) is 108 Å². The number of pyridine rings is 2. The van der Waals surface area contributed by atoms with E-state index in [0.717, 1.165) is 50.7 Å². The molecule has 5 heterocycles. The van der Waals surface area contributed by atoms with Crippen LogP contribution in [0.4, 0.5) is 0 Å². The van der Waals surface area contributed by atoms with Crippen LogP contribution in [0.25, 0.3) is 43.6 Å². The van der Waals surface area contributed by atoms with Crippen molar-refractivity contribution in [2.24, 2.45) is 14.1 Å². The molecule has 7 rings (SSSR count). The molecule has 0 amide bonds. The summed E-state index contributed by atoms with van der Waals surface area (Å²) >= 11 is 0. The highest BCUT2D eigenvalue weighted by atomic mass is 15.3. The van der Waals surface area contributed by atoms with Crippen molar-refractivity contribution < 1.29 is 0 Å². The van der Waals surface area contributed by atoms with Crippen molar-refractivity contribution in [1.29, 1.82) is 0 Å². The number of benzene rings is 2. The summed E-state index contributed by atoms with van der Waals surface area (Å²) < 4.78 is 4.56. The molecule has 0 radical (unpaired) electrons. The Bertz CT molecular complexity index is 1700. The molecule has 0 saturated carbocycles. The zero-order chi connectivity index (χ0) is 26.0. The van der Waals surface area contributed by atoms with Gasteiger partial charge in [0.15, 0.2) is 0 Å². The molecule has 0 spiro atoms. The molecule has 6 heteroatoms. The summed E-state index contributed by atoms with van der Waals surface area (Å²) in [5.41, 5.74) is 9.57. The standard InChI is InChI=1S/C32H34N6/c1-21-31-27(25-9-5-7-11-29(25)35(31)3)17-23(33-21)19-37-13-15-38(16-14-37)20-24-18-28-26-10-6-8-12-30(26)36(4)32(28)22(2)34-24/h5-12,17-18H,13-16,19-20H2,1-4H3. The highest BCUT2D eigenvalue weighted by Crippen LogP contribution is 2.31. The van der Waals surface area contributed by atoms with Gasteiger partial charge in [-0.3, -0.25) is 19.8 Å². The van der Waals surface area contributed by atoms with Crippen LogP contribution in [-0.4, -0.2) is 55.1 Å². The maximum Gasteiger partial charge on any atom is 0.0705 e. The minimum absolute atomic E-state index is 0.896.